The van der Waals surface area contributed by atoms with E-state index in [9.17, 15) is 5.11 Å². The van der Waals surface area contributed by atoms with Gasteiger partial charge < -0.3 is 14.7 Å². The van der Waals surface area contributed by atoms with Crippen LogP contribution in [-0.2, 0) is 0 Å². The Morgan fingerprint density at radius 2 is 1.66 bits per heavy atom. The molecule has 3 heteroatoms. The molecule has 0 saturated heterocycles. The number of allylic oxidation sites excluding steroid dienone is 5. The number of rotatable bonds is 9. The van der Waals surface area contributed by atoms with Crippen LogP contribution in [0.3, 0.4) is 0 Å². The van der Waals surface area contributed by atoms with Gasteiger partial charge in [-0.3, -0.25) is 0 Å². The molecule has 0 saturated carbocycles. The summed E-state index contributed by atoms with van der Waals surface area (Å²) in [5, 5.41) is 9.73. The lowest BCUT2D eigenvalue weighted by atomic mass is 9.87. The lowest BCUT2D eigenvalue weighted by Crippen LogP contribution is -2.15. The maximum atomic E-state index is 9.73. The van der Waals surface area contributed by atoms with Crippen molar-refractivity contribution in [2.24, 2.45) is 0 Å². The molecule has 0 spiro atoms. The number of aromatic hydroxyl groups is 1. The summed E-state index contributed by atoms with van der Waals surface area (Å²) in [5.74, 6) is 1.19. The molecule has 0 radical (unpaired) electrons. The lowest BCUT2D eigenvalue weighted by molar-refractivity contribution is 0.281. The van der Waals surface area contributed by atoms with Crippen LogP contribution in [0.4, 0.5) is 0 Å². The second-order valence-electron chi connectivity index (χ2n) is 7.61. The van der Waals surface area contributed by atoms with Crippen LogP contribution in [-0.4, -0.2) is 37.3 Å². The maximum Gasteiger partial charge on any atom is 0.119 e. The third-order valence-corrected chi connectivity index (χ3v) is 5.13. The Balaban J connectivity index is 1.89. The van der Waals surface area contributed by atoms with Crippen LogP contribution in [0.15, 0.2) is 77.9 Å². The van der Waals surface area contributed by atoms with Crippen molar-refractivity contribution in [2.45, 2.75) is 26.2 Å². The highest BCUT2D eigenvalue weighted by Crippen LogP contribution is 2.36. The van der Waals surface area contributed by atoms with Gasteiger partial charge in [0.05, 0.1) is 6.61 Å². The minimum absolute atomic E-state index is 0.286. The second-order valence-corrected chi connectivity index (χ2v) is 7.61. The number of benzene rings is 2. The minimum atomic E-state index is 0.286. The molecular formula is C26H31NO2. The Bertz CT molecular complexity index is 887. The molecule has 3 rings (SSSR count). The van der Waals surface area contributed by atoms with Crippen LogP contribution in [0, 0.1) is 0 Å². The van der Waals surface area contributed by atoms with Gasteiger partial charge in [-0.25, -0.2) is 0 Å². The molecule has 152 valence electrons. The van der Waals surface area contributed by atoms with Gasteiger partial charge in [0.2, 0.25) is 0 Å². The van der Waals surface area contributed by atoms with E-state index in [0.717, 1.165) is 43.7 Å². The SMILES string of the molecule is CC/C(C1=CC=CC1)=C(/c1ccc(O)cc1)c1ccc(OCCCN(C)C)cc1. The molecule has 2 aromatic carbocycles. The highest BCUT2D eigenvalue weighted by atomic mass is 16.5. The molecule has 2 aromatic rings. The molecule has 0 bridgehead atoms. The Labute approximate surface area is 174 Å². The van der Waals surface area contributed by atoms with Gasteiger partial charge in [0.25, 0.3) is 0 Å². The monoisotopic (exact) mass is 389 g/mol. The fourth-order valence-corrected chi connectivity index (χ4v) is 3.67. The van der Waals surface area contributed by atoms with Crippen molar-refractivity contribution in [1.29, 1.82) is 0 Å². The Morgan fingerprint density at radius 1 is 1.00 bits per heavy atom. The molecule has 0 amide bonds. The van der Waals surface area contributed by atoms with Crippen LogP contribution < -0.4 is 4.74 Å². The predicted molar refractivity (Wildman–Crippen MR) is 121 cm³/mol. The van der Waals surface area contributed by atoms with Crippen molar-refractivity contribution in [3.8, 4) is 11.5 Å². The molecule has 3 nitrogen and oxygen atoms in total. The largest absolute Gasteiger partial charge is 0.508 e. The van der Waals surface area contributed by atoms with E-state index in [0.29, 0.717) is 0 Å². The van der Waals surface area contributed by atoms with Gasteiger partial charge in [0.1, 0.15) is 11.5 Å². The normalized spacial score (nSPS) is 14.1. The van der Waals surface area contributed by atoms with Gasteiger partial charge in [-0.15, -0.1) is 0 Å². The van der Waals surface area contributed by atoms with Crippen LogP contribution in [0.25, 0.3) is 5.57 Å². The number of hydrogen-bond acceptors (Lipinski definition) is 3. The van der Waals surface area contributed by atoms with E-state index in [-0.39, 0.29) is 5.75 Å². The van der Waals surface area contributed by atoms with E-state index in [4.69, 9.17) is 4.74 Å². The first-order valence-electron chi connectivity index (χ1n) is 10.3. The molecule has 29 heavy (non-hydrogen) atoms. The smallest absolute Gasteiger partial charge is 0.119 e. The van der Waals surface area contributed by atoms with Gasteiger partial charge in [0, 0.05) is 6.54 Å². The fourth-order valence-electron chi connectivity index (χ4n) is 3.67. The number of ether oxygens (including phenoxy) is 1. The van der Waals surface area contributed by atoms with E-state index in [1.807, 2.05) is 12.1 Å². The first-order valence-corrected chi connectivity index (χ1v) is 10.3. The molecule has 0 atom stereocenters. The number of phenols is 1. The molecular weight excluding hydrogens is 358 g/mol. The summed E-state index contributed by atoms with van der Waals surface area (Å²) in [7, 11) is 4.15. The third-order valence-electron chi connectivity index (χ3n) is 5.13. The van der Waals surface area contributed by atoms with Crippen molar-refractivity contribution in [2.75, 3.05) is 27.2 Å². The topological polar surface area (TPSA) is 32.7 Å². The average Bonchev–Trinajstić information content (AvgIpc) is 3.25. The van der Waals surface area contributed by atoms with Crippen molar-refractivity contribution in [3.63, 3.8) is 0 Å². The zero-order valence-electron chi connectivity index (χ0n) is 17.7. The molecule has 0 aromatic heterocycles. The number of nitrogens with zero attached hydrogens (tertiary/aromatic N) is 1. The standard InChI is InChI=1S/C26H31NO2/c1-4-25(20-8-5-6-9-20)26(21-10-14-23(28)15-11-21)22-12-16-24(17-13-22)29-19-7-18-27(2)3/h5-6,8,10-17,28H,4,7,9,18-19H2,1-3H3/b26-25+. The Hall–Kier alpha value is -2.78. The van der Waals surface area contributed by atoms with Crippen LogP contribution in [0.5, 0.6) is 11.5 Å². The summed E-state index contributed by atoms with van der Waals surface area (Å²) < 4.78 is 5.90. The van der Waals surface area contributed by atoms with Crippen molar-refractivity contribution < 1.29 is 9.84 Å². The summed E-state index contributed by atoms with van der Waals surface area (Å²) in [6.07, 6.45) is 9.47. The van der Waals surface area contributed by atoms with Gasteiger partial charge in [-0.2, -0.15) is 0 Å². The minimum Gasteiger partial charge on any atom is -0.508 e. The average molecular weight is 390 g/mol. The highest BCUT2D eigenvalue weighted by molar-refractivity contribution is 5.85. The summed E-state index contributed by atoms with van der Waals surface area (Å²) in [6.45, 7) is 3.95. The fraction of sp³-hybridized carbons (Fsp3) is 0.308. The van der Waals surface area contributed by atoms with E-state index in [2.05, 4.69) is 68.4 Å². The molecule has 1 N–H and O–H groups in total. The maximum absolute atomic E-state index is 9.73. The zero-order chi connectivity index (χ0) is 20.6. The van der Waals surface area contributed by atoms with Crippen molar-refractivity contribution in [1.82, 2.24) is 4.90 Å². The number of phenolic OH excluding ortho intramolecular Hbond substituents is 1. The Morgan fingerprint density at radius 3 is 2.21 bits per heavy atom. The quantitative estimate of drug-likeness (QED) is 0.549. The number of hydrogen-bond donors (Lipinski definition) is 1. The summed E-state index contributed by atoms with van der Waals surface area (Å²) in [4.78, 5) is 2.17. The highest BCUT2D eigenvalue weighted by Gasteiger charge is 2.15. The second kappa shape index (κ2) is 10.1. The van der Waals surface area contributed by atoms with Gasteiger partial charge in [-0.1, -0.05) is 49.4 Å². The van der Waals surface area contributed by atoms with Gasteiger partial charge in [-0.05, 0) is 85.5 Å². The van der Waals surface area contributed by atoms with Crippen LogP contribution in [0.1, 0.15) is 37.3 Å². The molecule has 0 fully saturated rings. The molecule has 1 aliphatic rings. The first kappa shape index (κ1) is 20.9. The summed E-state index contributed by atoms with van der Waals surface area (Å²) >= 11 is 0. The molecule has 0 heterocycles. The van der Waals surface area contributed by atoms with Crippen molar-refractivity contribution in [3.05, 3.63) is 89.0 Å². The first-order chi connectivity index (χ1) is 14.1. The molecule has 0 unspecified atom stereocenters. The van der Waals surface area contributed by atoms with E-state index in [1.54, 1.807) is 12.1 Å². The van der Waals surface area contributed by atoms with E-state index in [1.165, 1.54) is 22.3 Å². The third kappa shape index (κ3) is 5.61. The van der Waals surface area contributed by atoms with Gasteiger partial charge in [0.15, 0.2) is 0 Å². The molecule has 1 aliphatic carbocycles. The Kier molecular flexibility index (Phi) is 7.31. The summed E-state index contributed by atoms with van der Waals surface area (Å²) in [6, 6.07) is 15.9. The lowest BCUT2D eigenvalue weighted by Gasteiger charge is -2.17. The zero-order valence-corrected chi connectivity index (χ0v) is 17.7. The van der Waals surface area contributed by atoms with Crippen LogP contribution >= 0.6 is 0 Å². The summed E-state index contributed by atoms with van der Waals surface area (Å²) in [5.41, 5.74) is 6.22. The van der Waals surface area contributed by atoms with E-state index >= 15 is 0 Å². The van der Waals surface area contributed by atoms with Gasteiger partial charge >= 0.3 is 0 Å². The van der Waals surface area contributed by atoms with E-state index < -0.39 is 0 Å². The molecule has 0 aliphatic heterocycles. The van der Waals surface area contributed by atoms with Crippen molar-refractivity contribution >= 4 is 5.57 Å². The van der Waals surface area contributed by atoms with Crippen LogP contribution in [0.2, 0.25) is 0 Å². The predicted octanol–water partition coefficient (Wildman–Crippen LogP) is 5.82.